The number of esters is 1. The molecule has 158 valence electrons. The van der Waals surface area contributed by atoms with Crippen LogP contribution in [0.4, 0.5) is 5.69 Å². The van der Waals surface area contributed by atoms with E-state index in [1.165, 1.54) is 6.92 Å². The number of rotatable bonds is 4. The molecule has 0 bridgehead atoms. The molecule has 0 heterocycles. The van der Waals surface area contributed by atoms with Crippen LogP contribution < -0.4 is 20.0 Å². The minimum Gasteiger partial charge on any atom is -0.426 e. The molecule has 4 aromatic rings. The van der Waals surface area contributed by atoms with E-state index in [-0.39, 0.29) is 0 Å². The molecular weight excluding hydrogens is 390 g/mol. The Kier molecular flexibility index (Phi) is 6.58. The van der Waals surface area contributed by atoms with Gasteiger partial charge < -0.3 is 9.57 Å². The van der Waals surface area contributed by atoms with Gasteiger partial charge in [0.2, 0.25) is 0 Å². The maximum absolute atomic E-state index is 11.7. The number of aryl methyl sites for hydroxylation is 1. The summed E-state index contributed by atoms with van der Waals surface area (Å²) in [6, 6.07) is 18.2. The van der Waals surface area contributed by atoms with Crippen molar-refractivity contribution in [1.29, 1.82) is 0 Å². The van der Waals surface area contributed by atoms with Crippen molar-refractivity contribution in [2.24, 2.45) is 0 Å². The largest absolute Gasteiger partial charge is 0.426 e. The van der Waals surface area contributed by atoms with Crippen LogP contribution in [0.15, 0.2) is 73.3 Å². The molecule has 4 aromatic carbocycles. The van der Waals surface area contributed by atoms with E-state index in [1.807, 2.05) is 56.3 Å². The number of hydrogen-bond acceptors (Lipinski definition) is 5. The summed E-state index contributed by atoms with van der Waals surface area (Å²) in [4.78, 5) is 17.2. The van der Waals surface area contributed by atoms with Gasteiger partial charge in [0.15, 0.2) is 5.75 Å². The van der Waals surface area contributed by atoms with E-state index in [9.17, 15) is 10.0 Å². The predicted molar refractivity (Wildman–Crippen MR) is 125 cm³/mol. The maximum Gasteiger partial charge on any atom is 0.308 e. The van der Waals surface area contributed by atoms with Gasteiger partial charge in [0.05, 0.1) is 0 Å². The molecule has 31 heavy (non-hydrogen) atoms. The fourth-order valence-electron chi connectivity index (χ4n) is 3.48. The van der Waals surface area contributed by atoms with Gasteiger partial charge in [-0.1, -0.05) is 54.3 Å². The summed E-state index contributed by atoms with van der Waals surface area (Å²) in [5, 5.41) is 15.6. The molecule has 0 amide bonds. The molecule has 0 aliphatic carbocycles. The lowest BCUT2D eigenvalue weighted by Gasteiger charge is -2.21. The topological polar surface area (TPSA) is 59.0 Å². The number of carbonyl (C=O) groups excluding carboxylic acids is 1. The van der Waals surface area contributed by atoms with E-state index in [0.717, 1.165) is 32.3 Å². The van der Waals surface area contributed by atoms with Gasteiger partial charge in [0.1, 0.15) is 11.4 Å². The summed E-state index contributed by atoms with van der Waals surface area (Å²) in [5.74, 6) is 0.378. The number of ether oxygens (including phenoxy) is 1. The monoisotopic (exact) mass is 415 g/mol. The van der Waals surface area contributed by atoms with Crippen LogP contribution in [-0.2, 0) is 4.79 Å². The fourth-order valence-corrected chi connectivity index (χ4v) is 3.48. The van der Waals surface area contributed by atoms with Crippen molar-refractivity contribution in [2.75, 3.05) is 5.23 Å². The van der Waals surface area contributed by atoms with Gasteiger partial charge in [-0.05, 0) is 48.2 Å². The number of anilines is 1. The van der Waals surface area contributed by atoms with Crippen molar-refractivity contribution in [1.82, 2.24) is 0 Å². The van der Waals surface area contributed by atoms with Crippen molar-refractivity contribution in [3.05, 3.63) is 84.1 Å². The SMILES string of the molecule is C=CC.C=c1ccc2c(OC(C)=O)cc(N(O)Oc3ccccc3)c3ccc(C)c1c23. The number of hydrogen-bond donors (Lipinski definition) is 1. The Morgan fingerprint density at radius 1 is 1.03 bits per heavy atom. The second kappa shape index (κ2) is 9.32. The van der Waals surface area contributed by atoms with Crippen LogP contribution in [-0.4, -0.2) is 11.2 Å². The van der Waals surface area contributed by atoms with E-state index >= 15 is 0 Å². The van der Waals surface area contributed by atoms with Crippen molar-refractivity contribution in [2.45, 2.75) is 20.8 Å². The first-order valence-corrected chi connectivity index (χ1v) is 9.82. The molecule has 5 heteroatoms. The number of para-hydroxylation sites is 1. The zero-order valence-corrected chi connectivity index (χ0v) is 17.9. The Morgan fingerprint density at radius 3 is 2.32 bits per heavy atom. The summed E-state index contributed by atoms with van der Waals surface area (Å²) < 4.78 is 5.44. The predicted octanol–water partition coefficient (Wildman–Crippen LogP) is 5.74. The number of benzene rings is 4. The van der Waals surface area contributed by atoms with Crippen LogP contribution in [0, 0.1) is 6.92 Å². The normalized spacial score (nSPS) is 10.3. The lowest BCUT2D eigenvalue weighted by molar-refractivity contribution is -0.131. The first kappa shape index (κ1) is 21.9. The van der Waals surface area contributed by atoms with Crippen LogP contribution >= 0.6 is 0 Å². The van der Waals surface area contributed by atoms with Gasteiger partial charge in [-0.25, -0.2) is 0 Å². The van der Waals surface area contributed by atoms with Crippen LogP contribution in [0.1, 0.15) is 19.4 Å². The van der Waals surface area contributed by atoms with Gasteiger partial charge in [-0.3, -0.25) is 10.0 Å². The molecule has 0 spiro atoms. The van der Waals surface area contributed by atoms with E-state index in [1.54, 1.807) is 24.3 Å². The van der Waals surface area contributed by atoms with E-state index in [4.69, 9.17) is 9.57 Å². The molecule has 5 nitrogen and oxygen atoms in total. The van der Waals surface area contributed by atoms with E-state index in [2.05, 4.69) is 13.2 Å². The zero-order chi connectivity index (χ0) is 22.5. The number of carbonyl (C=O) groups is 1. The van der Waals surface area contributed by atoms with Gasteiger partial charge in [-0.2, -0.15) is 0 Å². The third-order valence-corrected chi connectivity index (χ3v) is 4.66. The molecule has 0 saturated carbocycles. The first-order chi connectivity index (χ1) is 14.9. The van der Waals surface area contributed by atoms with Crippen LogP contribution in [0.3, 0.4) is 0 Å². The fraction of sp³-hybridized carbons (Fsp3) is 0.115. The third-order valence-electron chi connectivity index (χ3n) is 4.66. The van der Waals surface area contributed by atoms with Crippen LogP contribution in [0.5, 0.6) is 11.5 Å². The first-order valence-electron chi connectivity index (χ1n) is 9.82. The second-order valence-electron chi connectivity index (χ2n) is 7.03. The van der Waals surface area contributed by atoms with Crippen LogP contribution in [0.2, 0.25) is 0 Å². The Hall–Kier alpha value is -3.83. The molecule has 0 atom stereocenters. The number of nitrogens with zero attached hydrogens (tertiary/aromatic N) is 1. The van der Waals surface area contributed by atoms with Gasteiger partial charge in [-0.15, -0.1) is 6.58 Å². The molecule has 4 rings (SSSR count). The molecule has 1 N–H and O–H groups in total. The maximum atomic E-state index is 11.7. The third kappa shape index (κ3) is 4.52. The van der Waals surface area contributed by atoms with Crippen LogP contribution in [0.25, 0.3) is 28.1 Å². The van der Waals surface area contributed by atoms with Crippen molar-refractivity contribution < 1.29 is 19.6 Å². The summed E-state index contributed by atoms with van der Waals surface area (Å²) in [6.45, 7) is 12.7. The molecule has 0 radical (unpaired) electrons. The average molecular weight is 415 g/mol. The lowest BCUT2D eigenvalue weighted by atomic mass is 9.94. The summed E-state index contributed by atoms with van der Waals surface area (Å²) in [7, 11) is 0. The Bertz CT molecular complexity index is 1280. The molecule has 0 unspecified atom stereocenters. The molecular formula is C26H25NO4. The summed E-state index contributed by atoms with van der Waals surface area (Å²) in [6.07, 6.45) is 1.75. The second-order valence-corrected chi connectivity index (χ2v) is 7.03. The Balaban J connectivity index is 0.000000858. The summed E-state index contributed by atoms with van der Waals surface area (Å²) in [5.41, 5.74) is 1.41. The quantitative estimate of drug-likeness (QED) is 0.199. The Labute approximate surface area is 181 Å². The molecule has 0 aromatic heterocycles. The van der Waals surface area contributed by atoms with Gasteiger partial charge in [0, 0.05) is 29.1 Å². The highest BCUT2D eigenvalue weighted by Crippen LogP contribution is 2.40. The molecule has 0 aliphatic heterocycles. The standard InChI is InChI=1S/C23H19NO4.C3H6/c1-14-9-11-18-20(24(26)28-17-7-5-4-6-8-17)13-21(27-16(3)25)19-12-10-15(2)22(14)23(18)19;1-3-2/h4-13,26H,2H2,1,3H3;3H,1H2,2H3. The molecule has 0 aliphatic rings. The highest BCUT2D eigenvalue weighted by Gasteiger charge is 2.19. The highest BCUT2D eigenvalue weighted by atomic mass is 16.9. The van der Waals surface area contributed by atoms with Gasteiger partial charge in [0.25, 0.3) is 0 Å². The molecule has 0 saturated heterocycles. The van der Waals surface area contributed by atoms with E-state index < -0.39 is 5.97 Å². The van der Waals surface area contributed by atoms with Crippen molar-refractivity contribution >= 4 is 39.8 Å². The highest BCUT2D eigenvalue weighted by molar-refractivity contribution is 6.17. The lowest BCUT2D eigenvalue weighted by Crippen LogP contribution is -2.23. The van der Waals surface area contributed by atoms with Crippen molar-refractivity contribution in [3.8, 4) is 11.5 Å². The minimum atomic E-state index is -0.443. The molecule has 0 fully saturated rings. The minimum absolute atomic E-state index is 0.348. The van der Waals surface area contributed by atoms with E-state index in [0.29, 0.717) is 22.4 Å². The summed E-state index contributed by atoms with van der Waals surface area (Å²) >= 11 is 0. The Morgan fingerprint density at radius 2 is 1.68 bits per heavy atom. The zero-order valence-electron chi connectivity index (χ0n) is 17.9. The average Bonchev–Trinajstić information content (AvgIpc) is 2.73. The smallest absolute Gasteiger partial charge is 0.308 e. The van der Waals surface area contributed by atoms with Crippen molar-refractivity contribution in [3.63, 3.8) is 0 Å². The number of allylic oxidation sites excluding steroid dienone is 1. The van der Waals surface area contributed by atoms with Gasteiger partial charge >= 0.3 is 5.97 Å².